The molecule has 0 aromatic heterocycles. The van der Waals surface area contributed by atoms with E-state index in [0.717, 1.165) is 11.1 Å². The fourth-order valence-corrected chi connectivity index (χ4v) is 2.06. The van der Waals surface area contributed by atoms with Crippen LogP contribution in [-0.4, -0.2) is 10.0 Å². The predicted molar refractivity (Wildman–Crippen MR) is 79.2 cm³/mol. The first-order chi connectivity index (χ1) is 9.99. The van der Waals surface area contributed by atoms with Crippen LogP contribution in [0.25, 0.3) is 0 Å². The van der Waals surface area contributed by atoms with Crippen molar-refractivity contribution in [2.75, 3.05) is 0 Å². The first-order valence-corrected chi connectivity index (χ1v) is 6.62. The number of hydrogen-bond acceptors (Lipinski definition) is 4. The van der Waals surface area contributed by atoms with Gasteiger partial charge in [0.25, 0.3) is 5.69 Å². The van der Waals surface area contributed by atoms with Crippen molar-refractivity contribution in [3.05, 3.63) is 69.3 Å². The minimum atomic E-state index is -0.534. The predicted octanol–water partition coefficient (Wildman–Crippen LogP) is 3.54. The van der Waals surface area contributed by atoms with Crippen LogP contribution in [-0.2, 0) is 6.61 Å². The second-order valence-electron chi connectivity index (χ2n) is 4.88. The van der Waals surface area contributed by atoms with Gasteiger partial charge in [0.15, 0.2) is 0 Å². The SMILES string of the molecule is Cc1cc([C@H](C)O)ccc1OCc1ccccc1[N+](=O)[O-]. The lowest BCUT2D eigenvalue weighted by Gasteiger charge is -2.12. The Kier molecular flexibility index (Phi) is 4.55. The Balaban J connectivity index is 2.15. The highest BCUT2D eigenvalue weighted by Gasteiger charge is 2.13. The van der Waals surface area contributed by atoms with Crippen molar-refractivity contribution in [3.63, 3.8) is 0 Å². The zero-order valence-electron chi connectivity index (χ0n) is 11.9. The van der Waals surface area contributed by atoms with Gasteiger partial charge in [-0.15, -0.1) is 0 Å². The van der Waals surface area contributed by atoms with E-state index in [4.69, 9.17) is 4.74 Å². The lowest BCUT2D eigenvalue weighted by atomic mass is 10.1. The van der Waals surface area contributed by atoms with Crippen LogP contribution >= 0.6 is 0 Å². The number of nitrogens with zero attached hydrogens (tertiary/aromatic N) is 1. The summed E-state index contributed by atoms with van der Waals surface area (Å²) in [6, 6.07) is 11.9. The molecule has 0 saturated carbocycles. The molecular weight excluding hydrogens is 270 g/mol. The van der Waals surface area contributed by atoms with Gasteiger partial charge in [0.05, 0.1) is 16.6 Å². The van der Waals surface area contributed by atoms with Gasteiger partial charge in [-0.2, -0.15) is 0 Å². The largest absolute Gasteiger partial charge is 0.488 e. The van der Waals surface area contributed by atoms with Gasteiger partial charge < -0.3 is 9.84 Å². The molecular formula is C16H17NO4. The molecule has 1 atom stereocenters. The Morgan fingerprint density at radius 1 is 1.29 bits per heavy atom. The molecule has 1 N–H and O–H groups in total. The number of para-hydroxylation sites is 1. The van der Waals surface area contributed by atoms with E-state index in [9.17, 15) is 15.2 Å². The summed E-state index contributed by atoms with van der Waals surface area (Å²) < 4.78 is 5.66. The number of ether oxygens (including phenoxy) is 1. The molecule has 5 heteroatoms. The van der Waals surface area contributed by atoms with E-state index >= 15 is 0 Å². The molecule has 0 aliphatic carbocycles. The normalized spacial score (nSPS) is 12.0. The molecule has 0 aliphatic heterocycles. The fraction of sp³-hybridized carbons (Fsp3) is 0.250. The average Bonchev–Trinajstić information content (AvgIpc) is 2.46. The summed E-state index contributed by atoms with van der Waals surface area (Å²) in [6.07, 6.45) is -0.534. The Morgan fingerprint density at radius 2 is 2.00 bits per heavy atom. The molecule has 0 fully saturated rings. The summed E-state index contributed by atoms with van der Waals surface area (Å²) >= 11 is 0. The van der Waals surface area contributed by atoms with Crippen LogP contribution in [0.1, 0.15) is 29.7 Å². The maximum Gasteiger partial charge on any atom is 0.276 e. The molecule has 0 bridgehead atoms. The maximum absolute atomic E-state index is 10.9. The van der Waals surface area contributed by atoms with E-state index in [-0.39, 0.29) is 12.3 Å². The third kappa shape index (κ3) is 3.58. The Morgan fingerprint density at radius 3 is 2.62 bits per heavy atom. The smallest absolute Gasteiger partial charge is 0.276 e. The molecule has 2 aromatic carbocycles. The Labute approximate surface area is 123 Å². The van der Waals surface area contributed by atoms with Crippen LogP contribution < -0.4 is 4.74 Å². The van der Waals surface area contributed by atoms with Crippen LogP contribution in [0.5, 0.6) is 5.75 Å². The number of aliphatic hydroxyl groups excluding tert-OH is 1. The minimum absolute atomic E-state index is 0.0516. The first-order valence-electron chi connectivity index (χ1n) is 6.62. The Bertz CT molecular complexity index is 652. The second kappa shape index (κ2) is 6.37. The van der Waals surface area contributed by atoms with Gasteiger partial charge >= 0.3 is 0 Å². The van der Waals surface area contributed by atoms with E-state index in [0.29, 0.717) is 11.3 Å². The molecule has 110 valence electrons. The number of aliphatic hydroxyl groups is 1. The summed E-state index contributed by atoms with van der Waals surface area (Å²) in [4.78, 5) is 10.5. The van der Waals surface area contributed by atoms with Crippen molar-refractivity contribution >= 4 is 5.69 Å². The number of aryl methyl sites for hydroxylation is 1. The van der Waals surface area contributed by atoms with Crippen molar-refractivity contribution in [1.29, 1.82) is 0 Å². The van der Waals surface area contributed by atoms with Gasteiger partial charge in [0, 0.05) is 6.07 Å². The standard InChI is InChI=1S/C16H17NO4/c1-11-9-13(12(2)18)7-8-16(11)21-10-14-5-3-4-6-15(14)17(19)20/h3-9,12,18H,10H2,1-2H3/t12-/m0/s1. The van der Waals surface area contributed by atoms with E-state index in [1.807, 2.05) is 13.0 Å². The van der Waals surface area contributed by atoms with E-state index in [2.05, 4.69) is 0 Å². The molecule has 21 heavy (non-hydrogen) atoms. The second-order valence-corrected chi connectivity index (χ2v) is 4.88. The zero-order chi connectivity index (χ0) is 15.4. The molecule has 2 rings (SSSR count). The van der Waals surface area contributed by atoms with E-state index in [1.54, 1.807) is 37.3 Å². The van der Waals surface area contributed by atoms with Crippen LogP contribution in [0.2, 0.25) is 0 Å². The molecule has 0 saturated heterocycles. The highest BCUT2D eigenvalue weighted by atomic mass is 16.6. The molecule has 0 radical (unpaired) electrons. The third-order valence-electron chi connectivity index (χ3n) is 3.25. The van der Waals surface area contributed by atoms with Crippen molar-refractivity contribution < 1.29 is 14.8 Å². The van der Waals surface area contributed by atoms with Crippen LogP contribution in [0, 0.1) is 17.0 Å². The minimum Gasteiger partial charge on any atom is -0.488 e. The molecule has 0 amide bonds. The van der Waals surface area contributed by atoms with Crippen LogP contribution in [0.3, 0.4) is 0 Å². The number of hydrogen-bond donors (Lipinski definition) is 1. The lowest BCUT2D eigenvalue weighted by Crippen LogP contribution is -2.02. The quantitative estimate of drug-likeness (QED) is 0.674. The summed E-state index contributed by atoms with van der Waals surface area (Å²) in [5.74, 6) is 0.651. The highest BCUT2D eigenvalue weighted by Crippen LogP contribution is 2.25. The van der Waals surface area contributed by atoms with E-state index in [1.165, 1.54) is 6.07 Å². The average molecular weight is 287 g/mol. The number of nitro groups is 1. The highest BCUT2D eigenvalue weighted by molar-refractivity contribution is 5.41. The molecule has 2 aromatic rings. The van der Waals surface area contributed by atoms with Gasteiger partial charge in [0.1, 0.15) is 12.4 Å². The van der Waals surface area contributed by atoms with Gasteiger partial charge in [-0.05, 0) is 43.2 Å². The number of rotatable bonds is 5. The molecule has 5 nitrogen and oxygen atoms in total. The lowest BCUT2D eigenvalue weighted by molar-refractivity contribution is -0.385. The van der Waals surface area contributed by atoms with Crippen molar-refractivity contribution in [1.82, 2.24) is 0 Å². The van der Waals surface area contributed by atoms with Crippen LogP contribution in [0.4, 0.5) is 5.69 Å². The van der Waals surface area contributed by atoms with Crippen LogP contribution in [0.15, 0.2) is 42.5 Å². The van der Waals surface area contributed by atoms with Gasteiger partial charge in [-0.25, -0.2) is 0 Å². The Hall–Kier alpha value is -2.40. The molecule has 0 heterocycles. The molecule has 0 unspecified atom stereocenters. The summed E-state index contributed by atoms with van der Waals surface area (Å²) in [7, 11) is 0. The summed E-state index contributed by atoms with van der Waals surface area (Å²) in [5, 5.41) is 20.5. The van der Waals surface area contributed by atoms with E-state index < -0.39 is 11.0 Å². The fourth-order valence-electron chi connectivity index (χ4n) is 2.06. The molecule has 0 aliphatic rings. The summed E-state index contributed by atoms with van der Waals surface area (Å²) in [5.41, 5.74) is 2.27. The first kappa shape index (κ1) is 15.0. The number of benzene rings is 2. The van der Waals surface area contributed by atoms with Crippen molar-refractivity contribution in [3.8, 4) is 5.75 Å². The van der Waals surface area contributed by atoms with Gasteiger partial charge in [-0.1, -0.05) is 18.2 Å². The number of nitro benzene ring substituents is 1. The third-order valence-corrected chi connectivity index (χ3v) is 3.25. The topological polar surface area (TPSA) is 72.6 Å². The van der Waals surface area contributed by atoms with Gasteiger partial charge in [0.2, 0.25) is 0 Å². The van der Waals surface area contributed by atoms with Gasteiger partial charge in [-0.3, -0.25) is 10.1 Å². The zero-order valence-corrected chi connectivity index (χ0v) is 11.9. The monoisotopic (exact) mass is 287 g/mol. The van der Waals surface area contributed by atoms with Crippen molar-refractivity contribution in [2.24, 2.45) is 0 Å². The summed E-state index contributed by atoms with van der Waals surface area (Å²) in [6.45, 7) is 3.70. The maximum atomic E-state index is 10.9. The van der Waals surface area contributed by atoms with Crippen molar-refractivity contribution in [2.45, 2.75) is 26.6 Å². The molecule has 0 spiro atoms.